The van der Waals surface area contributed by atoms with Gasteiger partial charge in [0.05, 0.1) is 13.2 Å². The molecule has 0 aliphatic carbocycles. The SMILES string of the molecule is O=C(Nc1cccc(Cl)c1)c1ccc(NC2=CC(=O)N(CCO)C2=O)cc1. The smallest absolute Gasteiger partial charge is 0.277 e. The van der Waals surface area contributed by atoms with Gasteiger partial charge in [-0.1, -0.05) is 17.7 Å². The van der Waals surface area contributed by atoms with Crippen LogP contribution in [0.3, 0.4) is 0 Å². The number of aliphatic hydroxyl groups excluding tert-OH is 1. The molecule has 0 radical (unpaired) electrons. The fourth-order valence-corrected chi connectivity index (χ4v) is 2.73. The lowest BCUT2D eigenvalue weighted by atomic mass is 10.2. The molecule has 1 aliphatic heterocycles. The number of aliphatic hydroxyl groups is 1. The number of hydrogen-bond donors (Lipinski definition) is 3. The minimum absolute atomic E-state index is 0.0536. The Balaban J connectivity index is 1.65. The molecule has 138 valence electrons. The standard InChI is InChI=1S/C19H16ClN3O4/c20-13-2-1-3-15(10-13)22-18(26)12-4-6-14(7-5-12)21-16-11-17(25)23(8-9-24)19(16)27/h1-7,10-11,21,24H,8-9H2,(H,22,26). The van der Waals surface area contributed by atoms with Crippen molar-refractivity contribution in [1.29, 1.82) is 0 Å². The third-order valence-electron chi connectivity index (χ3n) is 3.84. The Morgan fingerprint density at radius 2 is 1.81 bits per heavy atom. The zero-order valence-corrected chi connectivity index (χ0v) is 14.9. The van der Waals surface area contributed by atoms with Crippen LogP contribution >= 0.6 is 11.6 Å². The van der Waals surface area contributed by atoms with Gasteiger partial charge in [-0.25, -0.2) is 0 Å². The van der Waals surface area contributed by atoms with E-state index in [1.807, 2.05) is 0 Å². The molecular weight excluding hydrogens is 370 g/mol. The number of carbonyl (C=O) groups is 3. The average molecular weight is 386 g/mol. The molecular formula is C19H16ClN3O4. The molecule has 0 aromatic heterocycles. The number of halogens is 1. The van der Waals surface area contributed by atoms with Gasteiger partial charge < -0.3 is 15.7 Å². The van der Waals surface area contributed by atoms with Gasteiger partial charge in [0.15, 0.2) is 0 Å². The number of anilines is 2. The molecule has 2 aromatic rings. The predicted octanol–water partition coefficient (Wildman–Crippen LogP) is 2.25. The summed E-state index contributed by atoms with van der Waals surface area (Å²) in [4.78, 5) is 37.1. The topological polar surface area (TPSA) is 98.7 Å². The number of β-amino-alcohol motifs (C(OH)–C–C–N with tert-alkyl or cyclic N) is 1. The number of benzene rings is 2. The highest BCUT2D eigenvalue weighted by molar-refractivity contribution is 6.31. The van der Waals surface area contributed by atoms with E-state index in [-0.39, 0.29) is 24.8 Å². The molecule has 0 unspecified atom stereocenters. The van der Waals surface area contributed by atoms with Crippen LogP contribution in [-0.2, 0) is 9.59 Å². The van der Waals surface area contributed by atoms with E-state index >= 15 is 0 Å². The summed E-state index contributed by atoms with van der Waals surface area (Å²) in [6, 6.07) is 13.3. The van der Waals surface area contributed by atoms with Gasteiger partial charge in [0, 0.05) is 28.0 Å². The van der Waals surface area contributed by atoms with Crippen LogP contribution in [0.1, 0.15) is 10.4 Å². The van der Waals surface area contributed by atoms with Gasteiger partial charge in [-0.2, -0.15) is 0 Å². The minimum atomic E-state index is -0.503. The molecule has 0 fully saturated rings. The van der Waals surface area contributed by atoms with Crippen molar-refractivity contribution in [2.24, 2.45) is 0 Å². The number of rotatable bonds is 6. The summed E-state index contributed by atoms with van der Waals surface area (Å²) < 4.78 is 0. The van der Waals surface area contributed by atoms with Crippen molar-refractivity contribution in [1.82, 2.24) is 4.90 Å². The first kappa shape index (κ1) is 18.6. The molecule has 3 rings (SSSR count). The highest BCUT2D eigenvalue weighted by atomic mass is 35.5. The van der Waals surface area contributed by atoms with E-state index in [9.17, 15) is 14.4 Å². The summed E-state index contributed by atoms with van der Waals surface area (Å²) in [6.45, 7) is -0.350. The molecule has 7 nitrogen and oxygen atoms in total. The highest BCUT2D eigenvalue weighted by Crippen LogP contribution is 2.19. The van der Waals surface area contributed by atoms with Crippen molar-refractivity contribution in [2.45, 2.75) is 0 Å². The van der Waals surface area contributed by atoms with Gasteiger partial charge in [0.2, 0.25) is 0 Å². The minimum Gasteiger partial charge on any atom is -0.395 e. The van der Waals surface area contributed by atoms with Gasteiger partial charge in [-0.15, -0.1) is 0 Å². The molecule has 0 saturated carbocycles. The second-order valence-electron chi connectivity index (χ2n) is 5.74. The fourth-order valence-electron chi connectivity index (χ4n) is 2.54. The number of nitrogens with one attached hydrogen (secondary N) is 2. The molecule has 0 saturated heterocycles. The third kappa shape index (κ3) is 4.33. The van der Waals surface area contributed by atoms with E-state index in [1.165, 1.54) is 6.08 Å². The van der Waals surface area contributed by atoms with E-state index in [2.05, 4.69) is 10.6 Å². The first-order valence-corrected chi connectivity index (χ1v) is 8.48. The molecule has 8 heteroatoms. The quantitative estimate of drug-likeness (QED) is 0.662. The molecule has 0 spiro atoms. The predicted molar refractivity (Wildman–Crippen MR) is 101 cm³/mol. The summed E-state index contributed by atoms with van der Waals surface area (Å²) in [5, 5.41) is 15.0. The number of nitrogens with zero attached hydrogens (tertiary/aromatic N) is 1. The summed E-state index contributed by atoms with van der Waals surface area (Å²) >= 11 is 5.89. The van der Waals surface area contributed by atoms with Gasteiger partial charge in [0.25, 0.3) is 17.7 Å². The number of carbonyl (C=O) groups excluding carboxylic acids is 3. The van der Waals surface area contributed by atoms with Crippen LogP contribution in [0.25, 0.3) is 0 Å². The van der Waals surface area contributed by atoms with Crippen LogP contribution in [-0.4, -0.2) is 40.9 Å². The number of hydrogen-bond acceptors (Lipinski definition) is 5. The first-order valence-electron chi connectivity index (χ1n) is 8.10. The molecule has 1 heterocycles. The zero-order valence-electron chi connectivity index (χ0n) is 14.1. The summed E-state index contributed by atoms with van der Waals surface area (Å²) in [6.07, 6.45) is 1.18. The fraction of sp³-hybridized carbons (Fsp3) is 0.105. The zero-order chi connectivity index (χ0) is 19.4. The van der Waals surface area contributed by atoms with E-state index in [1.54, 1.807) is 48.5 Å². The van der Waals surface area contributed by atoms with Crippen molar-refractivity contribution in [3.63, 3.8) is 0 Å². The van der Waals surface area contributed by atoms with Gasteiger partial charge in [-0.3, -0.25) is 19.3 Å². The summed E-state index contributed by atoms with van der Waals surface area (Å²) in [5.74, 6) is -1.28. The van der Waals surface area contributed by atoms with E-state index in [0.29, 0.717) is 22.0 Å². The van der Waals surface area contributed by atoms with Gasteiger partial charge in [0.1, 0.15) is 5.70 Å². The molecule has 3 amide bonds. The van der Waals surface area contributed by atoms with Crippen molar-refractivity contribution in [2.75, 3.05) is 23.8 Å². The molecule has 2 aromatic carbocycles. The van der Waals surface area contributed by atoms with Crippen LogP contribution in [0.4, 0.5) is 11.4 Å². The Morgan fingerprint density at radius 3 is 2.48 bits per heavy atom. The molecule has 1 aliphatic rings. The van der Waals surface area contributed by atoms with Crippen LogP contribution < -0.4 is 10.6 Å². The molecule has 27 heavy (non-hydrogen) atoms. The van der Waals surface area contributed by atoms with E-state index < -0.39 is 11.8 Å². The first-order chi connectivity index (χ1) is 13.0. The second-order valence-corrected chi connectivity index (χ2v) is 6.18. The van der Waals surface area contributed by atoms with Crippen LogP contribution in [0.2, 0.25) is 5.02 Å². The maximum absolute atomic E-state index is 12.3. The lowest BCUT2D eigenvalue weighted by molar-refractivity contribution is -0.137. The summed E-state index contributed by atoms with van der Waals surface area (Å²) in [7, 11) is 0. The Kier molecular flexibility index (Phi) is 5.54. The maximum Gasteiger partial charge on any atom is 0.277 e. The van der Waals surface area contributed by atoms with Gasteiger partial charge in [-0.05, 0) is 42.5 Å². The Hall–Kier alpha value is -3.16. The van der Waals surface area contributed by atoms with Gasteiger partial charge >= 0.3 is 0 Å². The normalized spacial score (nSPS) is 13.6. The van der Waals surface area contributed by atoms with Crippen molar-refractivity contribution < 1.29 is 19.5 Å². The van der Waals surface area contributed by atoms with E-state index in [0.717, 1.165) is 4.90 Å². The molecule has 3 N–H and O–H groups in total. The second kappa shape index (κ2) is 8.03. The lowest BCUT2D eigenvalue weighted by Crippen LogP contribution is -2.34. The van der Waals surface area contributed by atoms with E-state index in [4.69, 9.17) is 16.7 Å². The van der Waals surface area contributed by atoms with Crippen molar-refractivity contribution in [3.8, 4) is 0 Å². The lowest BCUT2D eigenvalue weighted by Gasteiger charge is -2.13. The van der Waals surface area contributed by atoms with Crippen molar-refractivity contribution >= 4 is 40.7 Å². The Labute approximate surface area is 160 Å². The highest BCUT2D eigenvalue weighted by Gasteiger charge is 2.30. The number of amides is 3. The largest absolute Gasteiger partial charge is 0.395 e. The Morgan fingerprint density at radius 1 is 1.07 bits per heavy atom. The van der Waals surface area contributed by atoms with Crippen LogP contribution in [0.15, 0.2) is 60.3 Å². The molecule has 0 bridgehead atoms. The van der Waals surface area contributed by atoms with Crippen LogP contribution in [0, 0.1) is 0 Å². The van der Waals surface area contributed by atoms with Crippen molar-refractivity contribution in [3.05, 3.63) is 70.9 Å². The maximum atomic E-state index is 12.3. The average Bonchev–Trinajstić information content (AvgIpc) is 2.90. The summed E-state index contributed by atoms with van der Waals surface area (Å²) in [5.41, 5.74) is 1.67. The van der Waals surface area contributed by atoms with Crippen LogP contribution in [0.5, 0.6) is 0 Å². The third-order valence-corrected chi connectivity index (χ3v) is 4.08. The molecule has 0 atom stereocenters. The Bertz CT molecular complexity index is 925. The number of imide groups is 1. The monoisotopic (exact) mass is 385 g/mol.